The predicted octanol–water partition coefficient (Wildman–Crippen LogP) is 3.44. The first kappa shape index (κ1) is 11.3. The molecule has 0 bridgehead atoms. The van der Waals surface area contributed by atoms with Crippen LogP contribution < -0.4 is 0 Å². The first-order chi connectivity index (χ1) is 6.60. The van der Waals surface area contributed by atoms with E-state index in [1.807, 2.05) is 0 Å². The molecule has 0 saturated carbocycles. The summed E-state index contributed by atoms with van der Waals surface area (Å²) in [6.07, 6.45) is -2.72. The van der Waals surface area contributed by atoms with Gasteiger partial charge in [-0.1, -0.05) is 27.5 Å². The monoisotopic (exact) mass is 280 g/mol. The lowest BCUT2D eigenvalue weighted by Crippen LogP contribution is -1.97. The summed E-state index contributed by atoms with van der Waals surface area (Å²) in [4.78, 5) is 3.49. The molecule has 74 valence electrons. The van der Waals surface area contributed by atoms with Crippen LogP contribution in [0.5, 0.6) is 0 Å². The van der Waals surface area contributed by atoms with Crippen LogP contribution in [-0.2, 0) is 5.33 Å². The lowest BCUT2D eigenvalue weighted by Gasteiger charge is -2.05. The molecule has 1 aromatic heterocycles. The summed E-state index contributed by atoms with van der Waals surface area (Å²) < 4.78 is 24.5. The maximum Gasteiger partial charge on any atom is 0.280 e. The Hall–Kier alpha value is -0.730. The molecule has 0 spiro atoms. The van der Waals surface area contributed by atoms with Gasteiger partial charge in [-0.05, 0) is 6.07 Å². The lowest BCUT2D eigenvalue weighted by molar-refractivity contribution is 0.146. The van der Waals surface area contributed by atoms with Crippen LogP contribution in [0.25, 0.3) is 0 Å². The van der Waals surface area contributed by atoms with Gasteiger partial charge in [0.15, 0.2) is 0 Å². The van der Waals surface area contributed by atoms with Crippen molar-refractivity contribution in [3.63, 3.8) is 0 Å². The summed E-state index contributed by atoms with van der Waals surface area (Å²) in [6.45, 7) is 0. The molecule has 0 N–H and O–H groups in total. The third-order valence-corrected chi connectivity index (χ3v) is 2.44. The minimum Gasteiger partial charge on any atom is -0.235 e. The van der Waals surface area contributed by atoms with Crippen LogP contribution in [-0.4, -0.2) is 4.98 Å². The smallest absolute Gasteiger partial charge is 0.235 e. The minimum atomic E-state index is -2.72. The molecule has 0 aliphatic carbocycles. The van der Waals surface area contributed by atoms with Gasteiger partial charge in [-0.2, -0.15) is 5.26 Å². The Morgan fingerprint density at radius 3 is 2.71 bits per heavy atom. The third kappa shape index (κ3) is 2.20. The molecule has 0 aromatic carbocycles. The molecule has 0 saturated heterocycles. The molecule has 0 unspecified atom stereocenters. The number of rotatable bonds is 2. The van der Waals surface area contributed by atoms with Gasteiger partial charge in [0.1, 0.15) is 10.8 Å². The molecule has 0 radical (unpaired) electrons. The quantitative estimate of drug-likeness (QED) is 0.615. The molecule has 2 nitrogen and oxygen atoms in total. The van der Waals surface area contributed by atoms with Crippen LogP contribution in [0.2, 0.25) is 5.15 Å². The zero-order chi connectivity index (χ0) is 10.7. The minimum absolute atomic E-state index is 0.0591. The largest absolute Gasteiger partial charge is 0.280 e. The standard InChI is InChI=1S/C8H4BrClF2N2/c9-2-5-4(3-13)1-6(8(11)12)14-7(5)10/h1,8H,2H2. The van der Waals surface area contributed by atoms with E-state index in [0.717, 1.165) is 6.07 Å². The fourth-order valence-electron chi connectivity index (χ4n) is 0.898. The Morgan fingerprint density at radius 1 is 1.64 bits per heavy atom. The normalized spacial score (nSPS) is 10.3. The zero-order valence-corrected chi connectivity index (χ0v) is 9.11. The van der Waals surface area contributed by atoms with Crippen LogP contribution >= 0.6 is 27.5 Å². The summed E-state index contributed by atoms with van der Waals surface area (Å²) in [7, 11) is 0. The van der Waals surface area contributed by atoms with E-state index in [4.69, 9.17) is 16.9 Å². The molecular weight excluding hydrogens is 277 g/mol. The van der Waals surface area contributed by atoms with E-state index < -0.39 is 12.1 Å². The summed E-state index contributed by atoms with van der Waals surface area (Å²) in [6, 6.07) is 2.84. The fraction of sp³-hybridized carbons (Fsp3) is 0.250. The summed E-state index contributed by atoms with van der Waals surface area (Å²) in [5, 5.41) is 8.93. The highest BCUT2D eigenvalue weighted by atomic mass is 79.9. The number of halogens is 4. The van der Waals surface area contributed by atoms with E-state index in [2.05, 4.69) is 20.9 Å². The lowest BCUT2D eigenvalue weighted by atomic mass is 10.1. The molecule has 0 atom stereocenters. The van der Waals surface area contributed by atoms with Crippen LogP contribution in [0.4, 0.5) is 8.78 Å². The third-order valence-electron chi connectivity index (χ3n) is 1.57. The van der Waals surface area contributed by atoms with E-state index in [0.29, 0.717) is 10.9 Å². The Bertz CT molecular complexity index is 390. The maximum absolute atomic E-state index is 12.3. The van der Waals surface area contributed by atoms with Crippen LogP contribution in [0.1, 0.15) is 23.2 Å². The molecule has 14 heavy (non-hydrogen) atoms. The number of nitrogens with zero attached hydrogens (tertiary/aromatic N) is 2. The maximum atomic E-state index is 12.3. The zero-order valence-electron chi connectivity index (χ0n) is 6.77. The molecule has 0 amide bonds. The fourth-order valence-corrected chi connectivity index (χ4v) is 1.89. The summed E-state index contributed by atoms with van der Waals surface area (Å²) in [5.41, 5.74) is 0.0759. The van der Waals surface area contributed by atoms with Gasteiger partial charge in [-0.3, -0.25) is 0 Å². The Balaban J connectivity index is 3.33. The Morgan fingerprint density at radius 2 is 2.29 bits per heavy atom. The van der Waals surface area contributed by atoms with Gasteiger partial charge in [-0.15, -0.1) is 0 Å². The first-order valence-corrected chi connectivity index (χ1v) is 5.03. The van der Waals surface area contributed by atoms with Gasteiger partial charge < -0.3 is 0 Å². The number of aromatic nitrogens is 1. The van der Waals surface area contributed by atoms with Crippen molar-refractivity contribution in [1.29, 1.82) is 5.26 Å². The van der Waals surface area contributed by atoms with E-state index >= 15 is 0 Å². The molecule has 0 aliphatic heterocycles. The molecule has 1 rings (SSSR count). The van der Waals surface area contributed by atoms with Crippen molar-refractivity contribution in [3.8, 4) is 6.07 Å². The summed E-state index contributed by atoms with van der Waals surface area (Å²) in [5.74, 6) is 0. The van der Waals surface area contributed by atoms with Gasteiger partial charge >= 0.3 is 0 Å². The highest BCUT2D eigenvalue weighted by Gasteiger charge is 2.15. The van der Waals surface area contributed by atoms with Crippen molar-refractivity contribution in [2.75, 3.05) is 0 Å². The van der Waals surface area contributed by atoms with Crippen molar-refractivity contribution in [2.24, 2.45) is 0 Å². The van der Waals surface area contributed by atoms with E-state index in [-0.39, 0.29) is 10.7 Å². The molecule has 0 fully saturated rings. The van der Waals surface area contributed by atoms with Crippen LogP contribution in [0.15, 0.2) is 6.07 Å². The Kier molecular flexibility index (Phi) is 3.78. The van der Waals surface area contributed by atoms with E-state index in [1.54, 1.807) is 6.07 Å². The van der Waals surface area contributed by atoms with Crippen molar-refractivity contribution in [2.45, 2.75) is 11.8 Å². The Labute approximate surface area is 92.6 Å². The number of nitriles is 1. The number of pyridine rings is 1. The second-order valence-corrected chi connectivity index (χ2v) is 3.33. The van der Waals surface area contributed by atoms with Crippen molar-refractivity contribution in [1.82, 2.24) is 4.98 Å². The molecule has 1 aromatic rings. The van der Waals surface area contributed by atoms with E-state index in [9.17, 15) is 8.78 Å². The molecule has 1 heterocycles. The molecule has 0 aliphatic rings. The first-order valence-electron chi connectivity index (χ1n) is 3.53. The van der Waals surface area contributed by atoms with Gasteiger partial charge in [0, 0.05) is 10.9 Å². The number of alkyl halides is 3. The average molecular weight is 281 g/mol. The predicted molar refractivity (Wildman–Crippen MR) is 51.6 cm³/mol. The van der Waals surface area contributed by atoms with Gasteiger partial charge in [0.2, 0.25) is 0 Å². The van der Waals surface area contributed by atoms with Crippen molar-refractivity contribution in [3.05, 3.63) is 28.0 Å². The average Bonchev–Trinajstić information content (AvgIpc) is 2.16. The van der Waals surface area contributed by atoms with Gasteiger partial charge in [0.05, 0.1) is 11.6 Å². The SMILES string of the molecule is N#Cc1cc(C(F)F)nc(Cl)c1CBr. The summed E-state index contributed by atoms with van der Waals surface area (Å²) >= 11 is 8.73. The second kappa shape index (κ2) is 4.67. The second-order valence-electron chi connectivity index (χ2n) is 2.41. The van der Waals surface area contributed by atoms with Crippen molar-refractivity contribution >= 4 is 27.5 Å². The van der Waals surface area contributed by atoms with Gasteiger partial charge in [0.25, 0.3) is 6.43 Å². The van der Waals surface area contributed by atoms with Crippen LogP contribution in [0.3, 0.4) is 0 Å². The van der Waals surface area contributed by atoms with Crippen LogP contribution in [0, 0.1) is 11.3 Å². The van der Waals surface area contributed by atoms with Gasteiger partial charge in [-0.25, -0.2) is 13.8 Å². The molecule has 6 heteroatoms. The van der Waals surface area contributed by atoms with Crippen molar-refractivity contribution < 1.29 is 8.78 Å². The molecular formula is C8H4BrClF2N2. The topological polar surface area (TPSA) is 36.7 Å². The van der Waals surface area contributed by atoms with E-state index in [1.165, 1.54) is 0 Å². The highest BCUT2D eigenvalue weighted by molar-refractivity contribution is 9.08. The highest BCUT2D eigenvalue weighted by Crippen LogP contribution is 2.25. The number of hydrogen-bond donors (Lipinski definition) is 0. The number of hydrogen-bond acceptors (Lipinski definition) is 2.